The molecular formula is C105H112O24. The zero-order valence-electron chi connectivity index (χ0n) is 74.1. The molecule has 0 bridgehead atoms. The quantitative estimate of drug-likeness (QED) is 0.0222. The second-order valence-corrected chi connectivity index (χ2v) is 37.6. The average Bonchev–Trinajstić information content (AvgIpc) is 0.673. The summed E-state index contributed by atoms with van der Waals surface area (Å²) in [6.45, 7) is 18.1. The predicted octanol–water partition coefficient (Wildman–Crippen LogP) is 17.7. The molecule has 22 atom stereocenters. The lowest BCUT2D eigenvalue weighted by atomic mass is 9.33. The molecule has 0 N–H and O–H groups in total. The molecule has 3 heterocycles. The number of fused-ring (bicyclic) bond motifs is 7. The van der Waals surface area contributed by atoms with Crippen LogP contribution >= 0.6 is 0 Å². The molecule has 129 heavy (non-hydrogen) atoms. The van der Waals surface area contributed by atoms with Gasteiger partial charge in [-0.15, -0.1) is 0 Å². The molecule has 0 amide bonds. The minimum atomic E-state index is -2.11. The van der Waals surface area contributed by atoms with E-state index in [-0.39, 0.29) is 90.9 Å². The third-order valence-electron chi connectivity index (χ3n) is 29.0. The monoisotopic (exact) mass is 1760 g/mol. The molecule has 0 unspecified atom stereocenters. The number of rotatable bonds is 25. The van der Waals surface area contributed by atoms with Crippen LogP contribution in [-0.2, 0) is 87.2 Å². The Balaban J connectivity index is 0.815. The Morgan fingerprint density at radius 2 is 0.806 bits per heavy atom. The number of carbonyl (C=O) groups excluding carboxylic acids is 9. The summed E-state index contributed by atoms with van der Waals surface area (Å²) in [6.07, 6.45) is -15.9. The van der Waals surface area contributed by atoms with Crippen molar-refractivity contribution in [2.45, 2.75) is 225 Å². The maximum absolute atomic E-state index is 15.3. The fraction of sp³-hybridized carbons (Fsp3) is 0.438. The highest BCUT2D eigenvalue weighted by molar-refractivity contribution is 5.93. The molecule has 0 spiro atoms. The first-order valence-corrected chi connectivity index (χ1v) is 44.8. The number of ether oxygens (including phenoxy) is 15. The van der Waals surface area contributed by atoms with Crippen molar-refractivity contribution in [3.8, 4) is 0 Å². The predicted molar refractivity (Wildman–Crippen MR) is 469 cm³/mol. The summed E-state index contributed by atoms with van der Waals surface area (Å²) >= 11 is 0. The topological polar surface area (TPSA) is 292 Å². The van der Waals surface area contributed by atoms with Gasteiger partial charge in [-0.05, 0) is 206 Å². The number of hydrogen-bond acceptors (Lipinski definition) is 24. The number of allylic oxidation sites excluding steroid dienone is 2. The Labute approximate surface area is 751 Å². The van der Waals surface area contributed by atoms with Gasteiger partial charge in [0.1, 0.15) is 31.5 Å². The van der Waals surface area contributed by atoms with Crippen LogP contribution < -0.4 is 0 Å². The van der Waals surface area contributed by atoms with Gasteiger partial charge in [-0.1, -0.05) is 218 Å². The molecule has 0 radical (unpaired) electrons. The fourth-order valence-corrected chi connectivity index (χ4v) is 22.1. The third-order valence-corrected chi connectivity index (χ3v) is 29.0. The van der Waals surface area contributed by atoms with Gasteiger partial charge in [0.25, 0.3) is 0 Å². The van der Waals surface area contributed by atoms with E-state index < -0.39 is 164 Å². The van der Waals surface area contributed by atoms with Gasteiger partial charge < -0.3 is 71.1 Å². The van der Waals surface area contributed by atoms with Crippen LogP contribution in [0.5, 0.6) is 0 Å². The van der Waals surface area contributed by atoms with Gasteiger partial charge in [0.2, 0.25) is 0 Å². The van der Waals surface area contributed by atoms with Crippen LogP contribution in [0.1, 0.15) is 205 Å². The van der Waals surface area contributed by atoms with E-state index in [0.717, 1.165) is 57.4 Å². The Morgan fingerprint density at radius 3 is 1.29 bits per heavy atom. The first-order chi connectivity index (χ1) is 62.0. The van der Waals surface area contributed by atoms with Crippen molar-refractivity contribution < 1.29 is 114 Å². The second kappa shape index (κ2) is 38.3. The largest absolute Gasteiger partial charge is 0.460 e. The van der Waals surface area contributed by atoms with Crippen LogP contribution in [0.25, 0.3) is 0 Å². The molecular weight excluding hydrogens is 1650 g/mol. The molecule has 24 nitrogen and oxygen atoms in total. The number of benzene rings is 8. The molecule has 16 rings (SSSR count). The zero-order valence-corrected chi connectivity index (χ0v) is 74.1. The third kappa shape index (κ3) is 18.9. The summed E-state index contributed by atoms with van der Waals surface area (Å²) in [5, 5.41) is 0. The summed E-state index contributed by atoms with van der Waals surface area (Å²) in [6, 6.07) is 65.5. The maximum atomic E-state index is 15.3. The molecule has 0 aromatic heterocycles. The van der Waals surface area contributed by atoms with E-state index in [0.29, 0.717) is 19.3 Å². The second-order valence-electron chi connectivity index (χ2n) is 37.6. The molecule has 3 aliphatic heterocycles. The molecule has 3 saturated heterocycles. The van der Waals surface area contributed by atoms with E-state index in [1.165, 1.54) is 90.5 Å². The standard InChI is InChI=1S/C105H112O24/c1-64-81(122-90(108)68-38-22-12-23-39-68)84(124-92(110)70-42-26-14-27-43-70)87(126-94(112)72-46-30-16-31-47-72)97(118-64)129-86-83(128-98-88(127-95(113)73-48-32-17-33-49-73)85(125-93(111)71-44-28-15-29-45-71)82(123-91(109)69-40-24-13-25-41-69)77(120-98)62-115-89(107)67-36-20-11-21-37-67)76(119-65(2)106)63-116-96(86)121-80-53-54-102(7)78(101(80,5)6)52-55-104(9)79(102)51-50-74-75-60-100(3,4)56-58-105(75,59-57-103(74,104)8)99(114)117-61-66-34-18-10-19-35-66/h10-50,64,75-88,96-98H,51-63H2,1-9H3/t64-,75-,76-,77+,78-,79+,80-,81-,82+,83-,84+,85-,86+,87+,88+,96-,97-,98-,102-,103+,104+,105-/m0/s1. The lowest BCUT2D eigenvalue weighted by molar-refractivity contribution is -0.386. The van der Waals surface area contributed by atoms with E-state index >= 15 is 19.2 Å². The maximum Gasteiger partial charge on any atom is 0.338 e. The Bertz CT molecular complexity index is 5330. The van der Waals surface area contributed by atoms with Gasteiger partial charge in [-0.25, -0.2) is 33.6 Å². The smallest absolute Gasteiger partial charge is 0.338 e. The molecule has 8 aromatic carbocycles. The molecule has 24 heteroatoms. The van der Waals surface area contributed by atoms with Crippen LogP contribution in [0.4, 0.5) is 0 Å². The van der Waals surface area contributed by atoms with Crippen molar-refractivity contribution in [1.29, 1.82) is 0 Å². The van der Waals surface area contributed by atoms with Gasteiger partial charge in [-0.3, -0.25) is 9.59 Å². The fourth-order valence-electron chi connectivity index (χ4n) is 22.1. The summed E-state index contributed by atoms with van der Waals surface area (Å²) in [5.74, 6) is -7.46. The van der Waals surface area contributed by atoms with Crippen molar-refractivity contribution in [3.05, 3.63) is 299 Å². The first kappa shape index (κ1) is 90.8. The van der Waals surface area contributed by atoms with Crippen LogP contribution in [0, 0.1) is 50.2 Å². The summed E-state index contributed by atoms with van der Waals surface area (Å²) in [5.41, 5.74) is 0.449. The van der Waals surface area contributed by atoms with Gasteiger partial charge in [0.15, 0.2) is 61.6 Å². The van der Waals surface area contributed by atoms with Crippen LogP contribution in [0.15, 0.2) is 254 Å². The lowest BCUT2D eigenvalue weighted by Gasteiger charge is -2.71. The van der Waals surface area contributed by atoms with Crippen molar-refractivity contribution in [1.82, 2.24) is 0 Å². The van der Waals surface area contributed by atoms with E-state index in [1.54, 1.807) is 134 Å². The number of hydrogen-bond donors (Lipinski definition) is 0. The minimum Gasteiger partial charge on any atom is -0.460 e. The number of esters is 9. The summed E-state index contributed by atoms with van der Waals surface area (Å²) < 4.78 is 102. The van der Waals surface area contributed by atoms with Crippen molar-refractivity contribution in [2.24, 2.45) is 50.2 Å². The highest BCUT2D eigenvalue weighted by atomic mass is 16.8. The molecule has 8 aliphatic rings. The van der Waals surface area contributed by atoms with E-state index in [9.17, 15) is 24.0 Å². The van der Waals surface area contributed by atoms with Crippen molar-refractivity contribution >= 4 is 53.7 Å². The van der Waals surface area contributed by atoms with Gasteiger partial charge >= 0.3 is 53.7 Å². The van der Waals surface area contributed by atoms with E-state index in [1.807, 2.05) is 30.3 Å². The van der Waals surface area contributed by atoms with Gasteiger partial charge in [0, 0.05) is 6.92 Å². The zero-order chi connectivity index (χ0) is 90.6. The lowest BCUT2D eigenvalue weighted by Crippen LogP contribution is -2.68. The van der Waals surface area contributed by atoms with E-state index in [4.69, 9.17) is 71.1 Å². The van der Waals surface area contributed by atoms with Crippen molar-refractivity contribution in [2.75, 3.05) is 13.2 Å². The number of carbonyl (C=O) groups is 9. The first-order valence-electron chi connectivity index (χ1n) is 44.8. The molecule has 7 fully saturated rings. The van der Waals surface area contributed by atoms with E-state index in [2.05, 4.69) is 54.5 Å². The molecule has 676 valence electrons. The molecule has 4 saturated carbocycles. The highest BCUT2D eigenvalue weighted by Crippen LogP contribution is 2.76. The van der Waals surface area contributed by atoms with Crippen LogP contribution in [-0.4, -0.2) is 159 Å². The molecule has 8 aromatic rings. The van der Waals surface area contributed by atoms with Crippen LogP contribution in [0.2, 0.25) is 0 Å². The highest BCUT2D eigenvalue weighted by Gasteiger charge is 2.71. The van der Waals surface area contributed by atoms with Crippen molar-refractivity contribution in [3.63, 3.8) is 0 Å². The summed E-state index contributed by atoms with van der Waals surface area (Å²) in [7, 11) is 0. The SMILES string of the molecule is CC(=O)O[C@H]1CO[C@@H](O[C@H]2CC[C@]3(C)[C@H]4CC=C5[C@@H]6CC(C)(C)CC[C@]6(C(=O)OCc6ccccc6)CC[C@@]5(C)[C@]4(C)CC[C@H]3C2(C)C)[C@H](O[C@@H]2O[C@@H](C)[C@H](OC(=O)c3ccccc3)[C@@H](OC(=O)c3ccccc3)[C@H]2OC(=O)c2ccccc2)[C@H]1O[C@@H]1O[C@H](COC(=O)c2ccccc2)[C@@H](OC(=O)c2ccccc2)[C@H](OC(=O)c2ccccc2)[C@H]1OC(=O)c1ccccc1. The Hall–Kier alpha value is -11.5. The average molecular weight is 1760 g/mol. The van der Waals surface area contributed by atoms with Gasteiger partial charge in [0.05, 0.1) is 63.2 Å². The Kier molecular flexibility index (Phi) is 26.9. The summed E-state index contributed by atoms with van der Waals surface area (Å²) in [4.78, 5) is 134. The normalized spacial score (nSPS) is 31.7. The van der Waals surface area contributed by atoms with Crippen LogP contribution in [0.3, 0.4) is 0 Å². The molecule has 5 aliphatic carbocycles. The Morgan fingerprint density at radius 1 is 0.388 bits per heavy atom. The van der Waals surface area contributed by atoms with Gasteiger partial charge in [-0.2, -0.15) is 0 Å². The minimum absolute atomic E-state index is 0.00276.